The van der Waals surface area contributed by atoms with Gasteiger partial charge >= 0.3 is 12.6 Å². The summed E-state index contributed by atoms with van der Waals surface area (Å²) in [4.78, 5) is 24.8. The zero-order chi connectivity index (χ0) is 20.5. The van der Waals surface area contributed by atoms with Crippen molar-refractivity contribution in [3.8, 4) is 11.5 Å². The lowest BCUT2D eigenvalue weighted by Gasteiger charge is -2.18. The average Bonchev–Trinajstić information content (AvgIpc) is 2.68. The minimum atomic E-state index is -3.07. The maximum Gasteiger partial charge on any atom is 0.387 e. The summed E-state index contributed by atoms with van der Waals surface area (Å²) in [6, 6.07) is 12.0. The molecular weight excluding hydrogens is 372 g/mol. The van der Waals surface area contributed by atoms with E-state index >= 15 is 0 Å². The number of nitrogens with one attached hydrogen (secondary N) is 1. The van der Waals surface area contributed by atoms with Gasteiger partial charge in [-0.25, -0.2) is 4.79 Å². The highest BCUT2D eigenvalue weighted by Gasteiger charge is 2.24. The van der Waals surface area contributed by atoms with Crippen molar-refractivity contribution in [1.29, 1.82) is 0 Å². The molecule has 2 aromatic rings. The SMILES string of the molecule is CCOC(=O)C(Cc1ccccc1)NC(=O)c1ccc(OC)c(OC(F)F)c1. The number of carbonyl (C=O) groups excluding carboxylic acids is 2. The fourth-order valence-electron chi connectivity index (χ4n) is 2.53. The Morgan fingerprint density at radius 3 is 2.39 bits per heavy atom. The summed E-state index contributed by atoms with van der Waals surface area (Å²) in [6.07, 6.45) is 0.224. The Labute approximate surface area is 161 Å². The average molecular weight is 393 g/mol. The van der Waals surface area contributed by atoms with Gasteiger partial charge in [-0.15, -0.1) is 0 Å². The van der Waals surface area contributed by atoms with Gasteiger partial charge in [0.2, 0.25) is 0 Å². The maximum absolute atomic E-state index is 12.6. The molecule has 1 atom stereocenters. The Morgan fingerprint density at radius 1 is 1.07 bits per heavy atom. The largest absolute Gasteiger partial charge is 0.493 e. The van der Waals surface area contributed by atoms with Crippen LogP contribution >= 0.6 is 0 Å². The minimum Gasteiger partial charge on any atom is -0.493 e. The number of esters is 1. The van der Waals surface area contributed by atoms with Crippen molar-refractivity contribution >= 4 is 11.9 Å². The van der Waals surface area contributed by atoms with Gasteiger partial charge in [0.15, 0.2) is 11.5 Å². The summed E-state index contributed by atoms with van der Waals surface area (Å²) in [7, 11) is 1.30. The third kappa shape index (κ3) is 5.94. The van der Waals surface area contributed by atoms with Gasteiger partial charge in [-0.2, -0.15) is 8.78 Å². The molecule has 0 aliphatic heterocycles. The molecule has 0 saturated carbocycles. The summed E-state index contributed by atoms with van der Waals surface area (Å²) < 4.78 is 39.5. The van der Waals surface area contributed by atoms with Crippen LogP contribution in [-0.2, 0) is 16.0 Å². The molecule has 0 fully saturated rings. The lowest BCUT2D eigenvalue weighted by Crippen LogP contribution is -2.43. The van der Waals surface area contributed by atoms with Gasteiger partial charge in [0, 0.05) is 12.0 Å². The smallest absolute Gasteiger partial charge is 0.387 e. The van der Waals surface area contributed by atoms with Crippen LogP contribution < -0.4 is 14.8 Å². The molecule has 6 nitrogen and oxygen atoms in total. The highest BCUT2D eigenvalue weighted by Crippen LogP contribution is 2.29. The second-order valence-corrected chi connectivity index (χ2v) is 5.71. The van der Waals surface area contributed by atoms with Crippen LogP contribution in [0, 0.1) is 0 Å². The molecular formula is C20H21F2NO5. The molecule has 1 N–H and O–H groups in total. The number of halogens is 2. The number of ether oxygens (including phenoxy) is 3. The number of rotatable bonds is 9. The highest BCUT2D eigenvalue weighted by atomic mass is 19.3. The van der Waals surface area contributed by atoms with Crippen molar-refractivity contribution < 1.29 is 32.6 Å². The van der Waals surface area contributed by atoms with Crippen molar-refractivity contribution in [1.82, 2.24) is 5.32 Å². The molecule has 8 heteroatoms. The second-order valence-electron chi connectivity index (χ2n) is 5.71. The van der Waals surface area contributed by atoms with E-state index in [0.29, 0.717) is 0 Å². The van der Waals surface area contributed by atoms with E-state index in [-0.39, 0.29) is 30.1 Å². The van der Waals surface area contributed by atoms with Gasteiger partial charge < -0.3 is 19.5 Å². The minimum absolute atomic E-state index is 0.0406. The number of amides is 1. The van der Waals surface area contributed by atoms with E-state index in [4.69, 9.17) is 9.47 Å². The number of hydrogen-bond donors (Lipinski definition) is 1. The molecule has 0 heterocycles. The first-order chi connectivity index (χ1) is 13.4. The van der Waals surface area contributed by atoms with Crippen molar-refractivity contribution in [2.24, 2.45) is 0 Å². The van der Waals surface area contributed by atoms with Crippen LogP contribution in [0.3, 0.4) is 0 Å². The number of benzene rings is 2. The zero-order valence-corrected chi connectivity index (χ0v) is 15.5. The van der Waals surface area contributed by atoms with Crippen LogP contribution in [0.25, 0.3) is 0 Å². The van der Waals surface area contributed by atoms with E-state index in [1.54, 1.807) is 6.92 Å². The molecule has 28 heavy (non-hydrogen) atoms. The molecule has 1 amide bonds. The third-order valence-electron chi connectivity index (χ3n) is 3.80. The van der Waals surface area contributed by atoms with Crippen LogP contribution in [0.5, 0.6) is 11.5 Å². The van der Waals surface area contributed by atoms with Crippen LogP contribution in [0.1, 0.15) is 22.8 Å². The molecule has 0 radical (unpaired) electrons. The lowest BCUT2D eigenvalue weighted by atomic mass is 10.1. The molecule has 0 saturated heterocycles. The number of alkyl halides is 2. The van der Waals surface area contributed by atoms with E-state index in [0.717, 1.165) is 11.6 Å². The van der Waals surface area contributed by atoms with Crippen molar-refractivity contribution in [2.45, 2.75) is 26.0 Å². The Balaban J connectivity index is 2.21. The van der Waals surface area contributed by atoms with Gasteiger partial charge in [-0.05, 0) is 30.7 Å². The van der Waals surface area contributed by atoms with Gasteiger partial charge in [-0.1, -0.05) is 30.3 Å². The first kappa shape index (κ1) is 21.1. The maximum atomic E-state index is 12.6. The normalized spacial score (nSPS) is 11.6. The standard InChI is InChI=1S/C20H21F2NO5/c1-3-27-19(25)15(11-13-7-5-4-6-8-13)23-18(24)14-9-10-16(26-2)17(12-14)28-20(21)22/h4-10,12,15,20H,3,11H2,1-2H3,(H,23,24). The van der Waals surface area contributed by atoms with Gasteiger partial charge in [-0.3, -0.25) is 4.79 Å². The first-order valence-electron chi connectivity index (χ1n) is 8.58. The quantitative estimate of drug-likeness (QED) is 0.663. The molecule has 0 aliphatic carbocycles. The Bertz CT molecular complexity index is 798. The van der Waals surface area contributed by atoms with Crippen LogP contribution in [0.4, 0.5) is 8.78 Å². The zero-order valence-electron chi connectivity index (χ0n) is 15.5. The van der Waals surface area contributed by atoms with E-state index < -0.39 is 24.5 Å². The monoisotopic (exact) mass is 393 g/mol. The van der Waals surface area contributed by atoms with Gasteiger partial charge in [0.25, 0.3) is 5.91 Å². The summed E-state index contributed by atoms with van der Waals surface area (Å²) in [5, 5.41) is 2.59. The predicted octanol–water partition coefficient (Wildman–Crippen LogP) is 3.20. The summed E-state index contributed by atoms with van der Waals surface area (Å²) >= 11 is 0. The predicted molar refractivity (Wildman–Crippen MR) is 97.7 cm³/mol. The Hall–Kier alpha value is -3.16. The highest BCUT2D eigenvalue weighted by molar-refractivity contribution is 5.97. The topological polar surface area (TPSA) is 73.9 Å². The molecule has 150 valence electrons. The molecule has 1 unspecified atom stereocenters. The van der Waals surface area contributed by atoms with Gasteiger partial charge in [0.1, 0.15) is 6.04 Å². The van der Waals surface area contributed by atoms with E-state index in [2.05, 4.69) is 10.1 Å². The third-order valence-corrected chi connectivity index (χ3v) is 3.80. The van der Waals surface area contributed by atoms with E-state index in [9.17, 15) is 18.4 Å². The number of methoxy groups -OCH3 is 1. The lowest BCUT2D eigenvalue weighted by molar-refractivity contribution is -0.145. The van der Waals surface area contributed by atoms with E-state index in [1.165, 1.54) is 19.2 Å². The second kappa shape index (κ2) is 10.2. The van der Waals surface area contributed by atoms with Crippen LogP contribution in [0.15, 0.2) is 48.5 Å². The van der Waals surface area contributed by atoms with E-state index in [1.807, 2.05) is 30.3 Å². The fourth-order valence-corrected chi connectivity index (χ4v) is 2.53. The first-order valence-corrected chi connectivity index (χ1v) is 8.58. The van der Waals surface area contributed by atoms with Crippen molar-refractivity contribution in [3.05, 3.63) is 59.7 Å². The molecule has 2 rings (SSSR count). The summed E-state index contributed by atoms with van der Waals surface area (Å²) in [5.41, 5.74) is 0.871. The molecule has 0 aromatic heterocycles. The number of hydrogen-bond acceptors (Lipinski definition) is 5. The Morgan fingerprint density at radius 2 is 1.79 bits per heavy atom. The summed E-state index contributed by atoms with van der Waals surface area (Å²) in [5.74, 6) is -1.43. The molecule has 2 aromatic carbocycles. The molecule has 0 bridgehead atoms. The van der Waals surface area contributed by atoms with Crippen LogP contribution in [-0.4, -0.2) is 38.2 Å². The van der Waals surface area contributed by atoms with Crippen molar-refractivity contribution in [2.75, 3.05) is 13.7 Å². The van der Waals surface area contributed by atoms with Gasteiger partial charge in [0.05, 0.1) is 13.7 Å². The fraction of sp³-hybridized carbons (Fsp3) is 0.300. The Kier molecular flexibility index (Phi) is 7.74. The van der Waals surface area contributed by atoms with Crippen molar-refractivity contribution in [3.63, 3.8) is 0 Å². The molecule has 0 spiro atoms. The van der Waals surface area contributed by atoms with Crippen LogP contribution in [0.2, 0.25) is 0 Å². The summed E-state index contributed by atoms with van der Waals surface area (Å²) in [6.45, 7) is -1.25. The molecule has 0 aliphatic rings. The number of carbonyl (C=O) groups is 2.